The third kappa shape index (κ3) is 3.87. The Morgan fingerprint density at radius 3 is 2.85 bits per heavy atom. The Morgan fingerprint density at radius 2 is 2.10 bits per heavy atom. The van der Waals surface area contributed by atoms with Crippen LogP contribution >= 0.6 is 0 Å². The van der Waals surface area contributed by atoms with Crippen molar-refractivity contribution in [3.8, 4) is 0 Å². The number of amides is 1. The van der Waals surface area contributed by atoms with Crippen LogP contribution < -0.4 is 16.4 Å². The Morgan fingerprint density at radius 1 is 1.30 bits per heavy atom. The molecule has 1 heterocycles. The molecule has 0 spiro atoms. The molecule has 0 radical (unpaired) electrons. The fourth-order valence-corrected chi connectivity index (χ4v) is 2.37. The second-order valence-electron chi connectivity index (χ2n) is 5.58. The van der Waals surface area contributed by atoms with Crippen LogP contribution in [0.15, 0.2) is 12.1 Å². The maximum absolute atomic E-state index is 11.3. The molecule has 0 bridgehead atoms. The van der Waals surface area contributed by atoms with Gasteiger partial charge < -0.3 is 21.3 Å². The van der Waals surface area contributed by atoms with Crippen molar-refractivity contribution in [1.82, 2.24) is 4.90 Å². The molecule has 1 amide bonds. The summed E-state index contributed by atoms with van der Waals surface area (Å²) < 4.78 is 0. The number of benzene rings is 1. The number of nitrogens with two attached hydrogens (primary N) is 1. The summed E-state index contributed by atoms with van der Waals surface area (Å²) in [6, 6.07) is 3.92. The van der Waals surface area contributed by atoms with Gasteiger partial charge in [0.1, 0.15) is 0 Å². The minimum Gasteiger partial charge on any atom is -0.397 e. The van der Waals surface area contributed by atoms with Crippen LogP contribution in [-0.4, -0.2) is 38.0 Å². The van der Waals surface area contributed by atoms with Gasteiger partial charge in [0.2, 0.25) is 5.91 Å². The van der Waals surface area contributed by atoms with E-state index in [9.17, 15) is 4.79 Å². The Balaban J connectivity index is 1.90. The Hall–Kier alpha value is -1.75. The second-order valence-corrected chi connectivity index (χ2v) is 5.58. The summed E-state index contributed by atoms with van der Waals surface area (Å²) >= 11 is 0. The van der Waals surface area contributed by atoms with Gasteiger partial charge in [-0.2, -0.15) is 0 Å². The van der Waals surface area contributed by atoms with E-state index in [-0.39, 0.29) is 5.91 Å². The van der Waals surface area contributed by atoms with E-state index in [0.717, 1.165) is 42.9 Å². The normalized spacial score (nSPS) is 14.1. The first kappa shape index (κ1) is 14.7. The molecule has 0 saturated heterocycles. The van der Waals surface area contributed by atoms with Crippen molar-refractivity contribution in [2.24, 2.45) is 0 Å². The van der Waals surface area contributed by atoms with Crippen LogP contribution in [0, 0.1) is 0 Å². The summed E-state index contributed by atoms with van der Waals surface area (Å²) in [6.45, 7) is 2.02. The monoisotopic (exact) mass is 276 g/mol. The summed E-state index contributed by atoms with van der Waals surface area (Å²) in [5, 5.41) is 6.26. The molecule has 2 rings (SSSR count). The lowest BCUT2D eigenvalue weighted by Crippen LogP contribution is -2.19. The molecule has 1 aliphatic rings. The van der Waals surface area contributed by atoms with Gasteiger partial charge in [0, 0.05) is 18.7 Å². The van der Waals surface area contributed by atoms with Crippen LogP contribution in [0.5, 0.6) is 0 Å². The predicted molar refractivity (Wildman–Crippen MR) is 84.1 cm³/mol. The number of nitrogens with one attached hydrogen (secondary N) is 2. The van der Waals surface area contributed by atoms with Gasteiger partial charge in [-0.05, 0) is 57.6 Å². The molecule has 1 aromatic rings. The van der Waals surface area contributed by atoms with Crippen molar-refractivity contribution in [3.63, 3.8) is 0 Å². The van der Waals surface area contributed by atoms with E-state index in [2.05, 4.69) is 35.7 Å². The number of anilines is 3. The van der Waals surface area contributed by atoms with Gasteiger partial charge in [0.05, 0.1) is 11.4 Å². The molecule has 110 valence electrons. The largest absolute Gasteiger partial charge is 0.397 e. The van der Waals surface area contributed by atoms with Crippen LogP contribution in [0.1, 0.15) is 24.8 Å². The van der Waals surface area contributed by atoms with Crippen molar-refractivity contribution < 1.29 is 4.79 Å². The van der Waals surface area contributed by atoms with Crippen LogP contribution in [0.2, 0.25) is 0 Å². The average Bonchev–Trinajstić information content (AvgIpc) is 2.38. The van der Waals surface area contributed by atoms with Crippen LogP contribution in [-0.2, 0) is 11.2 Å². The van der Waals surface area contributed by atoms with Gasteiger partial charge in [0.15, 0.2) is 0 Å². The lowest BCUT2D eigenvalue weighted by Gasteiger charge is -2.20. The van der Waals surface area contributed by atoms with Gasteiger partial charge in [0.25, 0.3) is 0 Å². The van der Waals surface area contributed by atoms with E-state index < -0.39 is 0 Å². The fraction of sp³-hybridized carbons (Fsp3) is 0.533. The van der Waals surface area contributed by atoms with E-state index in [1.807, 2.05) is 6.07 Å². The first-order valence-electron chi connectivity index (χ1n) is 7.17. The smallest absolute Gasteiger partial charge is 0.224 e. The number of rotatable bonds is 6. The highest BCUT2D eigenvalue weighted by atomic mass is 16.1. The van der Waals surface area contributed by atoms with Crippen molar-refractivity contribution in [1.29, 1.82) is 0 Å². The second kappa shape index (κ2) is 6.61. The Bertz CT molecular complexity index is 485. The summed E-state index contributed by atoms with van der Waals surface area (Å²) in [4.78, 5) is 13.5. The van der Waals surface area contributed by atoms with E-state index in [1.165, 1.54) is 6.42 Å². The maximum Gasteiger partial charge on any atom is 0.224 e. The average molecular weight is 276 g/mol. The number of carbonyl (C=O) groups is 1. The third-order valence-electron chi connectivity index (χ3n) is 3.52. The molecule has 5 heteroatoms. The molecule has 0 unspecified atom stereocenters. The molecule has 20 heavy (non-hydrogen) atoms. The zero-order valence-corrected chi connectivity index (χ0v) is 12.3. The first-order valence-corrected chi connectivity index (χ1v) is 7.17. The van der Waals surface area contributed by atoms with Gasteiger partial charge in [-0.3, -0.25) is 4.79 Å². The molecule has 0 fully saturated rings. The topological polar surface area (TPSA) is 70.4 Å². The number of carbonyl (C=O) groups excluding carboxylic acids is 1. The lowest BCUT2D eigenvalue weighted by molar-refractivity contribution is -0.116. The minimum atomic E-state index is 0.0706. The number of aryl methyl sites for hydroxylation is 1. The lowest BCUT2D eigenvalue weighted by atomic mass is 10.0. The zero-order chi connectivity index (χ0) is 14.5. The molecule has 0 saturated carbocycles. The highest BCUT2D eigenvalue weighted by molar-refractivity contribution is 5.95. The molecule has 0 aliphatic carbocycles. The summed E-state index contributed by atoms with van der Waals surface area (Å²) in [5.74, 6) is 0.0706. The molecule has 4 N–H and O–H groups in total. The molecular weight excluding hydrogens is 252 g/mol. The van der Waals surface area contributed by atoms with E-state index in [4.69, 9.17) is 5.73 Å². The standard InChI is InChI=1S/C15H24N4O/c1-19(2)8-4-3-7-17-14-9-11-5-6-15(20)18-13(11)10-12(14)16/h9-10,17H,3-8,16H2,1-2H3,(H,18,20). The molecule has 0 aromatic heterocycles. The maximum atomic E-state index is 11.3. The number of fused-ring (bicyclic) bond motifs is 1. The number of nitrogen functional groups attached to an aromatic ring is 1. The van der Waals surface area contributed by atoms with Crippen molar-refractivity contribution >= 4 is 23.0 Å². The van der Waals surface area contributed by atoms with Gasteiger partial charge in [-0.1, -0.05) is 0 Å². The first-order chi connectivity index (χ1) is 9.56. The fourth-order valence-electron chi connectivity index (χ4n) is 2.37. The number of hydrogen-bond donors (Lipinski definition) is 3. The minimum absolute atomic E-state index is 0.0706. The molecule has 0 atom stereocenters. The van der Waals surface area contributed by atoms with Gasteiger partial charge in [-0.15, -0.1) is 0 Å². The summed E-state index contributed by atoms with van der Waals surface area (Å²) in [6.07, 6.45) is 3.63. The van der Waals surface area contributed by atoms with Crippen LogP contribution in [0.3, 0.4) is 0 Å². The summed E-state index contributed by atoms with van der Waals surface area (Å²) in [5.41, 5.74) is 9.72. The number of hydrogen-bond acceptors (Lipinski definition) is 4. The highest BCUT2D eigenvalue weighted by Crippen LogP contribution is 2.30. The molecular formula is C15H24N4O. The molecule has 1 aromatic carbocycles. The van der Waals surface area contributed by atoms with E-state index in [1.54, 1.807) is 0 Å². The quantitative estimate of drug-likeness (QED) is 0.548. The van der Waals surface area contributed by atoms with Crippen molar-refractivity contribution in [2.75, 3.05) is 43.6 Å². The van der Waals surface area contributed by atoms with Gasteiger partial charge in [-0.25, -0.2) is 0 Å². The number of unbranched alkanes of at least 4 members (excludes halogenated alkanes) is 1. The van der Waals surface area contributed by atoms with Crippen LogP contribution in [0.25, 0.3) is 0 Å². The summed E-state index contributed by atoms with van der Waals surface area (Å²) in [7, 11) is 4.17. The van der Waals surface area contributed by atoms with Crippen molar-refractivity contribution in [3.05, 3.63) is 17.7 Å². The Labute approximate surface area is 120 Å². The molecule has 5 nitrogen and oxygen atoms in total. The highest BCUT2D eigenvalue weighted by Gasteiger charge is 2.16. The Kier molecular flexibility index (Phi) is 4.84. The zero-order valence-electron chi connectivity index (χ0n) is 12.3. The van der Waals surface area contributed by atoms with E-state index in [0.29, 0.717) is 12.1 Å². The van der Waals surface area contributed by atoms with Gasteiger partial charge >= 0.3 is 0 Å². The van der Waals surface area contributed by atoms with Crippen molar-refractivity contribution in [2.45, 2.75) is 25.7 Å². The third-order valence-corrected chi connectivity index (χ3v) is 3.52. The predicted octanol–water partition coefficient (Wildman–Crippen LogP) is 1.91. The van der Waals surface area contributed by atoms with Crippen LogP contribution in [0.4, 0.5) is 17.1 Å². The molecule has 1 aliphatic heterocycles. The number of nitrogens with zero attached hydrogens (tertiary/aromatic N) is 1. The SMILES string of the molecule is CN(C)CCCCNc1cc2c(cc1N)NC(=O)CC2. The van der Waals surface area contributed by atoms with E-state index >= 15 is 0 Å².